The van der Waals surface area contributed by atoms with E-state index in [9.17, 15) is 19.5 Å². The molecule has 4 aromatic rings. The second kappa shape index (κ2) is 11.8. The molecule has 0 bridgehead atoms. The third-order valence-electron chi connectivity index (χ3n) is 7.68. The molecule has 0 aliphatic rings. The van der Waals surface area contributed by atoms with Crippen molar-refractivity contribution < 1.29 is 29.0 Å². The van der Waals surface area contributed by atoms with E-state index >= 15 is 0 Å². The summed E-state index contributed by atoms with van der Waals surface area (Å²) in [5, 5.41) is 10.2. The van der Waals surface area contributed by atoms with Gasteiger partial charge in [-0.3, -0.25) is 19.4 Å². The minimum Gasteiger partial charge on any atom is -0.497 e. The lowest BCUT2D eigenvalue weighted by Gasteiger charge is -2.25. The largest absolute Gasteiger partial charge is 0.497 e. The molecule has 0 spiro atoms. The maximum Gasteiger partial charge on any atom is 0.309 e. The molecule has 220 valence electrons. The number of nitrogens with zero attached hydrogens (tertiary/aromatic N) is 2. The van der Waals surface area contributed by atoms with Gasteiger partial charge in [-0.15, -0.1) is 0 Å². The number of ether oxygens (including phenoxy) is 2. The van der Waals surface area contributed by atoms with Crippen molar-refractivity contribution in [2.24, 2.45) is 10.8 Å². The number of hydrogen-bond acceptors (Lipinski definition) is 6. The summed E-state index contributed by atoms with van der Waals surface area (Å²) in [4.78, 5) is 45.2. The van der Waals surface area contributed by atoms with Crippen LogP contribution >= 0.6 is 0 Å². The first-order valence-electron chi connectivity index (χ1n) is 14.0. The summed E-state index contributed by atoms with van der Waals surface area (Å²) >= 11 is 0. The van der Waals surface area contributed by atoms with Crippen molar-refractivity contribution in [1.29, 1.82) is 0 Å². The predicted molar refractivity (Wildman–Crippen MR) is 161 cm³/mol. The molecule has 0 aliphatic heterocycles. The second-order valence-electron chi connectivity index (χ2n) is 11.9. The fourth-order valence-electron chi connectivity index (χ4n) is 4.88. The zero-order valence-corrected chi connectivity index (χ0v) is 25.3. The fraction of sp³-hybridized carbons (Fsp3) is 0.353. The summed E-state index contributed by atoms with van der Waals surface area (Å²) in [6.07, 6.45) is 2.02. The van der Waals surface area contributed by atoms with Crippen LogP contribution in [0.25, 0.3) is 5.52 Å². The van der Waals surface area contributed by atoms with Crippen LogP contribution in [0.1, 0.15) is 84.4 Å². The number of carbonyl (C=O) groups is 3. The number of aryl methyl sites for hydroxylation is 1. The maximum atomic E-state index is 14.2. The number of carboxylic acid groups (broad SMARTS) is 1. The quantitative estimate of drug-likeness (QED) is 0.199. The van der Waals surface area contributed by atoms with Crippen LogP contribution in [0.2, 0.25) is 0 Å². The average Bonchev–Trinajstić information content (AvgIpc) is 3.26. The Labute approximate surface area is 246 Å². The monoisotopic (exact) mass is 570 g/mol. The first-order valence-corrected chi connectivity index (χ1v) is 14.0. The van der Waals surface area contributed by atoms with E-state index in [1.165, 1.54) is 0 Å². The van der Waals surface area contributed by atoms with Crippen molar-refractivity contribution in [2.45, 2.75) is 61.0 Å². The van der Waals surface area contributed by atoms with E-state index in [0.29, 0.717) is 40.1 Å². The van der Waals surface area contributed by atoms with E-state index in [2.05, 4.69) is 4.98 Å². The average molecular weight is 571 g/mol. The van der Waals surface area contributed by atoms with E-state index in [0.717, 1.165) is 11.4 Å². The first kappa shape index (κ1) is 30.5. The van der Waals surface area contributed by atoms with Crippen LogP contribution in [0.3, 0.4) is 0 Å². The molecule has 0 radical (unpaired) electrons. The van der Waals surface area contributed by atoms with E-state index < -0.39 is 16.8 Å². The van der Waals surface area contributed by atoms with Crippen LogP contribution in [-0.4, -0.2) is 39.1 Å². The van der Waals surface area contributed by atoms with E-state index in [1.54, 1.807) is 68.0 Å². The molecule has 0 saturated carbocycles. The first-order chi connectivity index (χ1) is 19.8. The molecule has 4 rings (SSSR count). The Morgan fingerprint density at radius 3 is 2.24 bits per heavy atom. The lowest BCUT2D eigenvalue weighted by molar-refractivity contribution is -0.148. The molecule has 42 heavy (non-hydrogen) atoms. The van der Waals surface area contributed by atoms with Gasteiger partial charge in [0, 0.05) is 34.5 Å². The summed E-state index contributed by atoms with van der Waals surface area (Å²) in [6, 6.07) is 15.9. The molecule has 3 aromatic heterocycles. The normalized spacial score (nSPS) is 13.0. The Hall–Kier alpha value is -4.46. The van der Waals surface area contributed by atoms with E-state index in [1.807, 2.05) is 45.9 Å². The molecule has 1 aromatic carbocycles. The number of benzene rings is 1. The number of fused-ring (bicyclic) bond motifs is 1. The molecule has 8 heteroatoms. The maximum absolute atomic E-state index is 14.2. The third-order valence-corrected chi connectivity index (χ3v) is 7.68. The van der Waals surface area contributed by atoms with Crippen molar-refractivity contribution in [2.75, 3.05) is 7.11 Å². The zero-order chi connectivity index (χ0) is 30.8. The number of hydrogen-bond donors (Lipinski definition) is 1. The summed E-state index contributed by atoms with van der Waals surface area (Å²) in [5.41, 5.74) is 1.52. The lowest BCUT2D eigenvalue weighted by Crippen LogP contribution is -2.31. The highest BCUT2D eigenvalue weighted by Crippen LogP contribution is 2.38. The highest BCUT2D eigenvalue weighted by molar-refractivity contribution is 6.15. The smallest absolute Gasteiger partial charge is 0.309 e. The van der Waals surface area contributed by atoms with Gasteiger partial charge in [-0.05, 0) is 74.7 Å². The van der Waals surface area contributed by atoms with E-state index in [4.69, 9.17) is 9.47 Å². The minimum absolute atomic E-state index is 0.00169. The minimum atomic E-state index is -1.21. The second-order valence-corrected chi connectivity index (χ2v) is 11.9. The van der Waals surface area contributed by atoms with Crippen molar-refractivity contribution in [3.8, 4) is 11.5 Å². The van der Waals surface area contributed by atoms with Crippen LogP contribution in [0.15, 0.2) is 60.8 Å². The molecule has 0 saturated heterocycles. The Kier molecular flexibility index (Phi) is 8.57. The van der Waals surface area contributed by atoms with Gasteiger partial charge in [0.1, 0.15) is 18.1 Å². The molecule has 1 unspecified atom stereocenters. The molecule has 1 atom stereocenters. The Bertz CT molecular complexity index is 1650. The molecule has 0 fully saturated rings. The Morgan fingerprint density at radius 1 is 0.976 bits per heavy atom. The third kappa shape index (κ3) is 6.08. The number of pyridine rings is 2. The highest BCUT2D eigenvalue weighted by atomic mass is 16.5. The van der Waals surface area contributed by atoms with Gasteiger partial charge in [0.15, 0.2) is 5.78 Å². The highest BCUT2D eigenvalue weighted by Gasteiger charge is 2.39. The van der Waals surface area contributed by atoms with Gasteiger partial charge in [0.25, 0.3) is 0 Å². The topological polar surface area (TPSA) is 107 Å². The number of carboxylic acids is 1. The number of ketones is 2. The number of rotatable bonds is 11. The summed E-state index contributed by atoms with van der Waals surface area (Å²) in [5.74, 6) is -0.406. The standard InChI is InChI=1S/C34H38N2O6/c1-8-34(6,32(39)40)19-26-28(31(38)33(3,4)5)27-18-25(42-20-23-11-9-10-21(2)35-23)16-17-36(27)29(26)30(37)22-12-14-24(41-7)15-13-22/h9-18H,8,19-20H2,1-7H3,(H,39,40). The van der Waals surface area contributed by atoms with Crippen LogP contribution in [0.5, 0.6) is 11.5 Å². The summed E-state index contributed by atoms with van der Waals surface area (Å²) in [6.45, 7) is 11.0. The van der Waals surface area contributed by atoms with Gasteiger partial charge < -0.3 is 19.0 Å². The van der Waals surface area contributed by atoms with Gasteiger partial charge in [-0.25, -0.2) is 0 Å². The Balaban J connectivity index is 1.96. The molecular formula is C34H38N2O6. The van der Waals surface area contributed by atoms with Crippen LogP contribution < -0.4 is 9.47 Å². The van der Waals surface area contributed by atoms with Crippen LogP contribution in [0.4, 0.5) is 0 Å². The van der Waals surface area contributed by atoms with Gasteiger partial charge in [0.2, 0.25) is 5.78 Å². The number of Topliss-reactive ketones (excluding diaryl/α,β-unsaturated/α-hetero) is 1. The number of aromatic nitrogens is 2. The lowest BCUT2D eigenvalue weighted by atomic mass is 9.77. The van der Waals surface area contributed by atoms with Crippen molar-refractivity contribution >= 4 is 23.1 Å². The SMILES string of the molecule is CCC(C)(Cc1c(C(=O)C(C)(C)C)c2cc(OCc3cccc(C)n3)ccn2c1C(=O)c1ccc(OC)cc1)C(=O)O. The molecule has 0 aliphatic carbocycles. The number of methoxy groups -OCH3 is 1. The molecular weight excluding hydrogens is 532 g/mol. The molecule has 1 N–H and O–H groups in total. The Morgan fingerprint density at radius 2 is 1.67 bits per heavy atom. The van der Waals surface area contributed by atoms with Crippen molar-refractivity contribution in [3.63, 3.8) is 0 Å². The van der Waals surface area contributed by atoms with Crippen molar-refractivity contribution in [3.05, 3.63) is 94.6 Å². The van der Waals surface area contributed by atoms with Gasteiger partial charge in [-0.1, -0.05) is 33.8 Å². The van der Waals surface area contributed by atoms with Crippen LogP contribution in [-0.2, 0) is 17.8 Å². The zero-order valence-electron chi connectivity index (χ0n) is 25.3. The van der Waals surface area contributed by atoms with E-state index in [-0.39, 0.29) is 30.3 Å². The molecule has 0 amide bonds. The van der Waals surface area contributed by atoms with Gasteiger partial charge in [0.05, 0.1) is 29.4 Å². The molecule has 3 heterocycles. The fourth-order valence-corrected chi connectivity index (χ4v) is 4.88. The van der Waals surface area contributed by atoms with Gasteiger partial charge in [-0.2, -0.15) is 0 Å². The van der Waals surface area contributed by atoms with Crippen LogP contribution in [0, 0.1) is 17.8 Å². The summed E-state index contributed by atoms with van der Waals surface area (Å²) < 4.78 is 13.0. The van der Waals surface area contributed by atoms with Crippen molar-refractivity contribution in [1.82, 2.24) is 9.38 Å². The summed E-state index contributed by atoms with van der Waals surface area (Å²) in [7, 11) is 1.55. The predicted octanol–water partition coefficient (Wildman–Crippen LogP) is 6.73. The van der Waals surface area contributed by atoms with Gasteiger partial charge >= 0.3 is 5.97 Å². The molecule has 8 nitrogen and oxygen atoms in total. The number of carbonyl (C=O) groups excluding carboxylic acids is 2. The number of aliphatic carboxylic acids is 1.